The van der Waals surface area contributed by atoms with Crippen molar-refractivity contribution in [1.82, 2.24) is 15.3 Å². The number of fused-ring (bicyclic) bond motifs is 1. The fourth-order valence-electron chi connectivity index (χ4n) is 3.50. The fourth-order valence-corrected chi connectivity index (χ4v) is 3.75. The van der Waals surface area contributed by atoms with Gasteiger partial charge >= 0.3 is 5.97 Å². The van der Waals surface area contributed by atoms with E-state index in [0.717, 1.165) is 11.1 Å². The highest BCUT2D eigenvalue weighted by atomic mass is 35.5. The van der Waals surface area contributed by atoms with Crippen molar-refractivity contribution in [3.8, 4) is 11.4 Å². The van der Waals surface area contributed by atoms with E-state index in [2.05, 4.69) is 15.3 Å². The molecule has 1 amide bonds. The zero-order valence-corrected chi connectivity index (χ0v) is 17.5. The van der Waals surface area contributed by atoms with Crippen LogP contribution < -0.4 is 5.32 Å². The second-order valence-electron chi connectivity index (χ2n) is 7.07. The molecule has 0 unspecified atom stereocenters. The second kappa shape index (κ2) is 8.81. The minimum atomic E-state index is -0.529. The summed E-state index contributed by atoms with van der Waals surface area (Å²) in [6.45, 7) is 2.35. The summed E-state index contributed by atoms with van der Waals surface area (Å²) >= 11 is 6.20. The smallest absolute Gasteiger partial charge is 0.310 e. The van der Waals surface area contributed by atoms with Crippen LogP contribution in [0.1, 0.15) is 39.8 Å². The zero-order chi connectivity index (χ0) is 22.0. The molecule has 6 nitrogen and oxygen atoms in total. The Balaban J connectivity index is 1.67. The van der Waals surface area contributed by atoms with Crippen LogP contribution in [0.3, 0.4) is 0 Å². The van der Waals surface area contributed by atoms with Crippen molar-refractivity contribution in [3.63, 3.8) is 0 Å². The number of rotatable bonds is 6. The van der Waals surface area contributed by atoms with Crippen molar-refractivity contribution in [2.45, 2.75) is 26.3 Å². The molecule has 0 spiro atoms. The standard InChI is InChI=1S/C23H19ClFN3O3/c1-2-31-19(29)11-14-8-6-13(7-9-14)10-17-21-18(12-26-23(21)30)28-22(27-17)20-15(24)4-3-5-16(20)25/h3-9H,2,10-12H2,1H3,(H,26,30). The molecule has 2 heterocycles. The lowest BCUT2D eigenvalue weighted by Crippen LogP contribution is -2.14. The summed E-state index contributed by atoms with van der Waals surface area (Å²) in [6, 6.07) is 11.8. The van der Waals surface area contributed by atoms with Gasteiger partial charge < -0.3 is 10.1 Å². The average Bonchev–Trinajstić information content (AvgIpc) is 3.11. The van der Waals surface area contributed by atoms with Gasteiger partial charge in [0.25, 0.3) is 5.91 Å². The lowest BCUT2D eigenvalue weighted by atomic mass is 10.0. The van der Waals surface area contributed by atoms with Gasteiger partial charge in [-0.2, -0.15) is 0 Å². The van der Waals surface area contributed by atoms with Crippen molar-refractivity contribution >= 4 is 23.5 Å². The predicted molar refractivity (Wildman–Crippen MR) is 113 cm³/mol. The molecule has 1 aromatic heterocycles. The zero-order valence-electron chi connectivity index (χ0n) is 16.7. The molecule has 8 heteroatoms. The maximum absolute atomic E-state index is 14.4. The SMILES string of the molecule is CCOC(=O)Cc1ccc(Cc2nc(-c3c(F)cccc3Cl)nc3c2C(=O)NC3)cc1. The Morgan fingerprint density at radius 2 is 1.87 bits per heavy atom. The molecule has 3 aromatic rings. The number of carbonyl (C=O) groups is 2. The van der Waals surface area contributed by atoms with Gasteiger partial charge in [-0.3, -0.25) is 9.59 Å². The number of ether oxygens (including phenoxy) is 1. The molecule has 0 bridgehead atoms. The Morgan fingerprint density at radius 1 is 1.13 bits per heavy atom. The summed E-state index contributed by atoms with van der Waals surface area (Å²) < 4.78 is 19.4. The lowest BCUT2D eigenvalue weighted by molar-refractivity contribution is -0.142. The number of amides is 1. The predicted octanol–water partition coefficient (Wildman–Crippen LogP) is 3.88. The minimum absolute atomic E-state index is 0.109. The van der Waals surface area contributed by atoms with Crippen LogP contribution in [0.15, 0.2) is 42.5 Å². The number of hydrogen-bond donors (Lipinski definition) is 1. The Morgan fingerprint density at radius 3 is 2.58 bits per heavy atom. The monoisotopic (exact) mass is 439 g/mol. The molecule has 0 radical (unpaired) electrons. The van der Waals surface area contributed by atoms with E-state index in [9.17, 15) is 14.0 Å². The van der Waals surface area contributed by atoms with Gasteiger partial charge in [-0.05, 0) is 30.2 Å². The molecule has 31 heavy (non-hydrogen) atoms. The third kappa shape index (κ3) is 4.41. The van der Waals surface area contributed by atoms with Gasteiger partial charge in [-0.25, -0.2) is 14.4 Å². The van der Waals surface area contributed by atoms with Crippen LogP contribution in [-0.4, -0.2) is 28.5 Å². The van der Waals surface area contributed by atoms with Crippen LogP contribution >= 0.6 is 11.6 Å². The van der Waals surface area contributed by atoms with Gasteiger partial charge in [-0.1, -0.05) is 41.9 Å². The van der Waals surface area contributed by atoms with Crippen molar-refractivity contribution in [2.24, 2.45) is 0 Å². The first-order valence-corrected chi connectivity index (χ1v) is 10.2. The Kier molecular flexibility index (Phi) is 5.95. The molecule has 4 rings (SSSR count). The number of nitrogens with one attached hydrogen (secondary N) is 1. The average molecular weight is 440 g/mol. The molecular weight excluding hydrogens is 421 g/mol. The molecule has 1 aliphatic heterocycles. The topological polar surface area (TPSA) is 81.2 Å². The second-order valence-corrected chi connectivity index (χ2v) is 7.48. The highest BCUT2D eigenvalue weighted by Crippen LogP contribution is 2.30. The van der Waals surface area contributed by atoms with E-state index in [1.165, 1.54) is 12.1 Å². The number of halogens is 2. The summed E-state index contributed by atoms with van der Waals surface area (Å²) in [5, 5.41) is 2.94. The van der Waals surface area contributed by atoms with Gasteiger partial charge in [0.2, 0.25) is 0 Å². The van der Waals surface area contributed by atoms with E-state index in [1.807, 2.05) is 24.3 Å². The molecule has 1 aliphatic rings. The van der Waals surface area contributed by atoms with Crippen molar-refractivity contribution < 1.29 is 18.7 Å². The summed E-state index contributed by atoms with van der Waals surface area (Å²) in [4.78, 5) is 32.9. The van der Waals surface area contributed by atoms with Crippen molar-refractivity contribution in [2.75, 3.05) is 6.61 Å². The normalized spacial score (nSPS) is 12.4. The first-order chi connectivity index (χ1) is 15.0. The molecule has 0 saturated carbocycles. The summed E-state index contributed by atoms with van der Waals surface area (Å²) in [6.07, 6.45) is 0.534. The van der Waals surface area contributed by atoms with Gasteiger partial charge in [-0.15, -0.1) is 0 Å². The Bertz CT molecular complexity index is 1150. The number of esters is 1. The molecule has 0 atom stereocenters. The van der Waals surface area contributed by atoms with E-state index in [-0.39, 0.29) is 41.3 Å². The molecular formula is C23H19ClFN3O3. The summed E-state index contributed by atoms with van der Waals surface area (Å²) in [5.41, 5.74) is 3.24. The van der Waals surface area contributed by atoms with Crippen molar-refractivity contribution in [3.05, 3.63) is 81.4 Å². The van der Waals surface area contributed by atoms with Gasteiger partial charge in [0.15, 0.2) is 5.82 Å². The first kappa shape index (κ1) is 20.9. The lowest BCUT2D eigenvalue weighted by Gasteiger charge is -2.11. The highest BCUT2D eigenvalue weighted by molar-refractivity contribution is 6.33. The Labute approximate surface area is 183 Å². The number of hydrogen-bond acceptors (Lipinski definition) is 5. The number of benzene rings is 2. The van der Waals surface area contributed by atoms with E-state index < -0.39 is 5.82 Å². The van der Waals surface area contributed by atoms with Crippen LogP contribution in [0.25, 0.3) is 11.4 Å². The Hall–Kier alpha value is -3.32. The van der Waals surface area contributed by atoms with Crippen LogP contribution in [0, 0.1) is 5.82 Å². The van der Waals surface area contributed by atoms with Crippen LogP contribution in [0.2, 0.25) is 5.02 Å². The third-order valence-electron chi connectivity index (χ3n) is 4.94. The van der Waals surface area contributed by atoms with Crippen LogP contribution in [-0.2, 0) is 28.9 Å². The summed E-state index contributed by atoms with van der Waals surface area (Å²) in [5.74, 6) is -0.923. The molecule has 0 saturated heterocycles. The molecule has 0 aliphatic carbocycles. The van der Waals surface area contributed by atoms with E-state index in [4.69, 9.17) is 16.3 Å². The third-order valence-corrected chi connectivity index (χ3v) is 5.25. The largest absolute Gasteiger partial charge is 0.466 e. The number of nitrogens with zero attached hydrogens (tertiary/aromatic N) is 2. The van der Waals surface area contributed by atoms with Crippen LogP contribution in [0.5, 0.6) is 0 Å². The maximum Gasteiger partial charge on any atom is 0.310 e. The number of aromatic nitrogens is 2. The van der Waals surface area contributed by atoms with Gasteiger partial charge in [0, 0.05) is 6.42 Å². The van der Waals surface area contributed by atoms with E-state index in [1.54, 1.807) is 13.0 Å². The molecule has 2 aromatic carbocycles. The van der Waals surface area contributed by atoms with Crippen LogP contribution in [0.4, 0.5) is 4.39 Å². The molecule has 0 fully saturated rings. The first-order valence-electron chi connectivity index (χ1n) is 9.82. The number of carbonyl (C=O) groups excluding carboxylic acids is 2. The highest BCUT2D eigenvalue weighted by Gasteiger charge is 2.27. The maximum atomic E-state index is 14.4. The molecule has 158 valence electrons. The minimum Gasteiger partial charge on any atom is -0.466 e. The fraction of sp³-hybridized carbons (Fsp3) is 0.217. The summed E-state index contributed by atoms with van der Waals surface area (Å²) in [7, 11) is 0. The quantitative estimate of drug-likeness (QED) is 0.589. The van der Waals surface area contributed by atoms with E-state index in [0.29, 0.717) is 30.0 Å². The van der Waals surface area contributed by atoms with Crippen molar-refractivity contribution in [1.29, 1.82) is 0 Å². The van der Waals surface area contributed by atoms with E-state index >= 15 is 0 Å². The van der Waals surface area contributed by atoms with Gasteiger partial charge in [0.05, 0.1) is 47.1 Å². The molecule has 1 N–H and O–H groups in total. The van der Waals surface area contributed by atoms with Gasteiger partial charge in [0.1, 0.15) is 5.82 Å².